The highest BCUT2D eigenvalue weighted by molar-refractivity contribution is 5.94. The lowest BCUT2D eigenvalue weighted by molar-refractivity contribution is -0.118. The number of carbonyl (C=O) groups is 1. The minimum Gasteiger partial charge on any atom is -0.480 e. The Hall–Kier alpha value is -3.44. The SMILES string of the molecule is O=C1COc2ccc(CNC3CCN(CCn4c(=O)cnc5cc(F)cc(F)c54)CC3)nc2N1. The van der Waals surface area contributed by atoms with Crippen LogP contribution < -0.4 is 20.9 Å². The molecule has 34 heavy (non-hydrogen) atoms. The van der Waals surface area contributed by atoms with Crippen LogP contribution in [0.4, 0.5) is 14.6 Å². The smallest absolute Gasteiger partial charge is 0.269 e. The Morgan fingerprint density at radius 1 is 1.15 bits per heavy atom. The largest absolute Gasteiger partial charge is 0.480 e. The number of fused-ring (bicyclic) bond motifs is 2. The predicted octanol–water partition coefficient (Wildman–Crippen LogP) is 1.65. The maximum absolute atomic E-state index is 14.3. The fourth-order valence-corrected chi connectivity index (χ4v) is 4.40. The lowest BCUT2D eigenvalue weighted by Crippen LogP contribution is -2.43. The molecule has 2 aliphatic heterocycles. The third kappa shape index (κ3) is 4.75. The number of nitrogens with one attached hydrogen (secondary N) is 2. The Balaban J connectivity index is 1.14. The van der Waals surface area contributed by atoms with E-state index in [-0.39, 0.29) is 23.5 Å². The van der Waals surface area contributed by atoms with Gasteiger partial charge in [-0.15, -0.1) is 0 Å². The summed E-state index contributed by atoms with van der Waals surface area (Å²) in [7, 11) is 0. The number of anilines is 1. The van der Waals surface area contributed by atoms with Crippen LogP contribution in [0.2, 0.25) is 0 Å². The summed E-state index contributed by atoms with van der Waals surface area (Å²) in [6.45, 7) is 3.11. The number of piperidine rings is 1. The normalized spacial score (nSPS) is 16.8. The number of carbonyl (C=O) groups excluding carboxylic acids is 1. The molecule has 1 saturated heterocycles. The second kappa shape index (κ2) is 9.43. The van der Waals surface area contributed by atoms with E-state index in [9.17, 15) is 18.4 Å². The Labute approximate surface area is 193 Å². The van der Waals surface area contributed by atoms with Gasteiger partial charge < -0.3 is 24.8 Å². The number of hydrogen-bond acceptors (Lipinski definition) is 7. The third-order valence-corrected chi connectivity index (χ3v) is 6.19. The van der Waals surface area contributed by atoms with Gasteiger partial charge in [0.15, 0.2) is 24.0 Å². The zero-order valence-corrected chi connectivity index (χ0v) is 18.4. The zero-order valence-electron chi connectivity index (χ0n) is 18.4. The van der Waals surface area contributed by atoms with Crippen LogP contribution in [-0.4, -0.2) is 57.6 Å². The van der Waals surface area contributed by atoms with E-state index in [4.69, 9.17) is 4.74 Å². The Bertz CT molecular complexity index is 1290. The van der Waals surface area contributed by atoms with E-state index >= 15 is 0 Å². The van der Waals surface area contributed by atoms with Gasteiger partial charge in [0, 0.05) is 37.8 Å². The molecule has 9 nitrogen and oxygen atoms in total. The lowest BCUT2D eigenvalue weighted by Gasteiger charge is -2.32. The molecule has 0 aliphatic carbocycles. The number of amides is 1. The molecule has 2 aliphatic rings. The first-order chi connectivity index (χ1) is 16.5. The molecule has 3 aromatic rings. The van der Waals surface area contributed by atoms with Crippen molar-refractivity contribution in [2.75, 3.05) is 31.6 Å². The maximum Gasteiger partial charge on any atom is 0.269 e. The van der Waals surface area contributed by atoms with Gasteiger partial charge in [-0.3, -0.25) is 9.59 Å². The molecule has 1 fully saturated rings. The second-order valence-electron chi connectivity index (χ2n) is 8.49. The van der Waals surface area contributed by atoms with E-state index in [1.165, 1.54) is 4.57 Å². The van der Waals surface area contributed by atoms with Crippen molar-refractivity contribution in [3.63, 3.8) is 0 Å². The molecule has 178 valence electrons. The van der Waals surface area contributed by atoms with Crippen molar-refractivity contribution >= 4 is 22.8 Å². The highest BCUT2D eigenvalue weighted by atomic mass is 19.1. The first-order valence-electron chi connectivity index (χ1n) is 11.2. The molecule has 0 unspecified atom stereocenters. The number of nitrogens with zero attached hydrogens (tertiary/aromatic N) is 4. The van der Waals surface area contributed by atoms with Gasteiger partial charge in [-0.25, -0.2) is 18.7 Å². The van der Waals surface area contributed by atoms with E-state index in [1.807, 2.05) is 12.1 Å². The van der Waals surface area contributed by atoms with E-state index in [2.05, 4.69) is 25.5 Å². The molecule has 0 saturated carbocycles. The van der Waals surface area contributed by atoms with Crippen LogP contribution in [0.5, 0.6) is 5.75 Å². The standard InChI is InChI=1S/C23H24F2N6O3/c24-14-9-17(25)22-18(10-14)27-12-21(33)31(22)8-7-30-5-3-15(4-6-30)26-11-16-1-2-19-23(28-16)29-20(32)13-34-19/h1-2,9-10,12,15,26H,3-8,11,13H2,(H,28,29,32). The summed E-state index contributed by atoms with van der Waals surface area (Å²) in [4.78, 5) is 34.3. The van der Waals surface area contributed by atoms with Gasteiger partial charge >= 0.3 is 0 Å². The van der Waals surface area contributed by atoms with Crippen LogP contribution in [0.1, 0.15) is 18.5 Å². The number of aromatic nitrogens is 3. The number of ether oxygens (including phenoxy) is 1. The van der Waals surface area contributed by atoms with Gasteiger partial charge in [-0.1, -0.05) is 0 Å². The molecule has 11 heteroatoms. The molecule has 0 radical (unpaired) electrons. The minimum absolute atomic E-state index is 0.00433. The lowest BCUT2D eigenvalue weighted by atomic mass is 10.0. The fraction of sp³-hybridized carbons (Fsp3) is 0.391. The van der Waals surface area contributed by atoms with Crippen LogP contribution in [0.3, 0.4) is 0 Å². The number of pyridine rings is 1. The molecule has 4 heterocycles. The predicted molar refractivity (Wildman–Crippen MR) is 121 cm³/mol. The van der Waals surface area contributed by atoms with Crippen LogP contribution in [-0.2, 0) is 17.9 Å². The van der Waals surface area contributed by atoms with Gasteiger partial charge in [0.2, 0.25) is 0 Å². The Morgan fingerprint density at radius 3 is 2.79 bits per heavy atom. The summed E-state index contributed by atoms with van der Waals surface area (Å²) in [6.07, 6.45) is 2.93. The Morgan fingerprint density at radius 2 is 1.97 bits per heavy atom. The maximum atomic E-state index is 14.3. The summed E-state index contributed by atoms with van der Waals surface area (Å²) >= 11 is 0. The average Bonchev–Trinajstić information content (AvgIpc) is 2.82. The monoisotopic (exact) mass is 470 g/mol. The highest BCUT2D eigenvalue weighted by Gasteiger charge is 2.21. The summed E-state index contributed by atoms with van der Waals surface area (Å²) in [5.41, 5.74) is 0.564. The van der Waals surface area contributed by atoms with Gasteiger partial charge in [0.1, 0.15) is 11.3 Å². The molecule has 0 bridgehead atoms. The van der Waals surface area contributed by atoms with E-state index in [0.29, 0.717) is 37.2 Å². The van der Waals surface area contributed by atoms with Crippen LogP contribution in [0, 0.1) is 11.6 Å². The van der Waals surface area contributed by atoms with Gasteiger partial charge in [0.25, 0.3) is 11.5 Å². The highest BCUT2D eigenvalue weighted by Crippen LogP contribution is 2.25. The summed E-state index contributed by atoms with van der Waals surface area (Å²) in [6, 6.07) is 5.90. The number of benzene rings is 1. The molecule has 1 aromatic carbocycles. The first-order valence-corrected chi connectivity index (χ1v) is 11.2. The summed E-state index contributed by atoms with van der Waals surface area (Å²) < 4.78 is 34.5. The zero-order chi connectivity index (χ0) is 23.7. The summed E-state index contributed by atoms with van der Waals surface area (Å²) in [5.74, 6) is -0.702. The number of hydrogen-bond donors (Lipinski definition) is 2. The van der Waals surface area contributed by atoms with E-state index < -0.39 is 17.2 Å². The van der Waals surface area contributed by atoms with Gasteiger partial charge in [-0.05, 0) is 38.1 Å². The number of likely N-dealkylation sites (tertiary alicyclic amines) is 1. The molecule has 1 amide bonds. The van der Waals surface area contributed by atoms with Crippen LogP contribution in [0.15, 0.2) is 35.3 Å². The van der Waals surface area contributed by atoms with Crippen molar-refractivity contribution in [1.82, 2.24) is 24.8 Å². The van der Waals surface area contributed by atoms with Crippen LogP contribution >= 0.6 is 0 Å². The molecule has 5 rings (SSSR count). The van der Waals surface area contributed by atoms with Crippen molar-refractivity contribution < 1.29 is 18.3 Å². The molecule has 2 aromatic heterocycles. The molecular formula is C23H24F2N6O3. The minimum atomic E-state index is -0.787. The van der Waals surface area contributed by atoms with Gasteiger partial charge in [-0.2, -0.15) is 0 Å². The second-order valence-corrected chi connectivity index (χ2v) is 8.49. The van der Waals surface area contributed by atoms with Crippen molar-refractivity contribution in [2.45, 2.75) is 32.0 Å². The fourth-order valence-electron chi connectivity index (χ4n) is 4.40. The van der Waals surface area contributed by atoms with Crippen molar-refractivity contribution in [1.29, 1.82) is 0 Å². The molecule has 0 spiro atoms. The quantitative estimate of drug-likeness (QED) is 0.565. The van der Waals surface area contributed by atoms with Crippen molar-refractivity contribution in [2.24, 2.45) is 0 Å². The first kappa shape index (κ1) is 22.4. The van der Waals surface area contributed by atoms with Crippen molar-refractivity contribution in [3.8, 4) is 5.75 Å². The van der Waals surface area contributed by atoms with Crippen LogP contribution in [0.25, 0.3) is 11.0 Å². The number of halogens is 2. The van der Waals surface area contributed by atoms with Gasteiger partial charge in [0.05, 0.1) is 17.4 Å². The Kier molecular flexibility index (Phi) is 6.20. The van der Waals surface area contributed by atoms with E-state index in [1.54, 1.807) is 0 Å². The molecular weight excluding hydrogens is 446 g/mol. The van der Waals surface area contributed by atoms with E-state index in [0.717, 1.165) is 50.0 Å². The van der Waals surface area contributed by atoms with Crippen molar-refractivity contribution in [3.05, 3.63) is 58.1 Å². The topological polar surface area (TPSA) is 101 Å². The number of rotatable bonds is 6. The third-order valence-electron chi connectivity index (χ3n) is 6.19. The molecule has 2 N–H and O–H groups in total. The average molecular weight is 470 g/mol. The molecule has 0 atom stereocenters. The summed E-state index contributed by atoms with van der Waals surface area (Å²) in [5, 5.41) is 6.22.